The molecule has 2 aromatic carbocycles. The molecule has 0 radical (unpaired) electrons. The second-order valence-corrected chi connectivity index (χ2v) is 8.11. The summed E-state index contributed by atoms with van der Waals surface area (Å²) in [5.41, 5.74) is 1.92. The van der Waals surface area contributed by atoms with Gasteiger partial charge in [0.2, 0.25) is 0 Å². The minimum Gasteiger partial charge on any atom is -0.299 e. The summed E-state index contributed by atoms with van der Waals surface area (Å²) in [5.74, 6) is -0.169. The number of carbonyl (C=O) groups is 1. The van der Waals surface area contributed by atoms with Gasteiger partial charge in [-0.15, -0.1) is 0 Å². The highest BCUT2D eigenvalue weighted by atomic mass is 79.9. The van der Waals surface area contributed by atoms with Gasteiger partial charge in [0.25, 0.3) is 0 Å². The van der Waals surface area contributed by atoms with Crippen LogP contribution in [0.25, 0.3) is 0 Å². The second kappa shape index (κ2) is 6.86. The SMILES string of the molecule is CC(=O)C(c1cc(Br)cc(Br)c1)c1cc(Br)cc(Br)c1. The van der Waals surface area contributed by atoms with Gasteiger partial charge in [-0.2, -0.15) is 0 Å². The molecule has 0 aliphatic carbocycles. The van der Waals surface area contributed by atoms with Crippen LogP contribution >= 0.6 is 63.7 Å². The second-order valence-electron chi connectivity index (χ2n) is 4.45. The zero-order valence-corrected chi connectivity index (χ0v) is 16.8. The molecular weight excluding hydrogens is 516 g/mol. The first kappa shape index (κ1) is 16.4. The minimum atomic E-state index is -0.280. The summed E-state index contributed by atoms with van der Waals surface area (Å²) in [6, 6.07) is 11.8. The van der Waals surface area contributed by atoms with Crippen LogP contribution in [0.5, 0.6) is 0 Å². The van der Waals surface area contributed by atoms with Gasteiger partial charge in [0.15, 0.2) is 0 Å². The number of hydrogen-bond donors (Lipinski definition) is 0. The van der Waals surface area contributed by atoms with Gasteiger partial charge in [-0.05, 0) is 54.4 Å². The standard InChI is InChI=1S/C15H10Br4O/c1-8(20)15(9-2-11(16)6-12(17)3-9)10-4-13(18)7-14(19)5-10/h2-7,15H,1H3. The summed E-state index contributed by atoms with van der Waals surface area (Å²) in [6.45, 7) is 1.62. The lowest BCUT2D eigenvalue weighted by Crippen LogP contribution is -2.11. The smallest absolute Gasteiger partial charge is 0.141 e. The molecular formula is C15H10Br4O. The van der Waals surface area contributed by atoms with E-state index in [1.54, 1.807) is 6.92 Å². The highest BCUT2D eigenvalue weighted by Gasteiger charge is 2.20. The summed E-state index contributed by atoms with van der Waals surface area (Å²) in [4.78, 5) is 12.1. The number of rotatable bonds is 3. The van der Waals surface area contributed by atoms with E-state index in [-0.39, 0.29) is 11.7 Å². The van der Waals surface area contributed by atoms with Gasteiger partial charge in [-0.25, -0.2) is 0 Å². The van der Waals surface area contributed by atoms with Crippen molar-refractivity contribution in [2.45, 2.75) is 12.8 Å². The van der Waals surface area contributed by atoms with Crippen molar-refractivity contribution >= 4 is 69.5 Å². The maximum absolute atomic E-state index is 12.1. The van der Waals surface area contributed by atoms with E-state index < -0.39 is 0 Å². The third-order valence-corrected chi connectivity index (χ3v) is 4.67. The molecule has 104 valence electrons. The number of Topliss-reactive ketones (excluding diaryl/α,β-unsaturated/α-hetero) is 1. The normalized spacial score (nSPS) is 10.9. The van der Waals surface area contributed by atoms with E-state index >= 15 is 0 Å². The van der Waals surface area contributed by atoms with E-state index in [2.05, 4.69) is 63.7 Å². The predicted octanol–water partition coefficient (Wildman–Crippen LogP) is 6.46. The van der Waals surface area contributed by atoms with Crippen molar-refractivity contribution < 1.29 is 4.79 Å². The molecule has 0 saturated carbocycles. The highest BCUT2D eigenvalue weighted by molar-refractivity contribution is 9.11. The number of ketones is 1. The lowest BCUT2D eigenvalue weighted by atomic mass is 9.88. The molecule has 0 bridgehead atoms. The van der Waals surface area contributed by atoms with Crippen molar-refractivity contribution in [3.05, 3.63) is 65.4 Å². The molecule has 1 nitrogen and oxygen atoms in total. The Labute approximate surface area is 151 Å². The van der Waals surface area contributed by atoms with Gasteiger partial charge in [-0.3, -0.25) is 4.79 Å². The van der Waals surface area contributed by atoms with Crippen molar-refractivity contribution in [2.75, 3.05) is 0 Å². The minimum absolute atomic E-state index is 0.111. The van der Waals surface area contributed by atoms with Crippen LogP contribution in [-0.4, -0.2) is 5.78 Å². The lowest BCUT2D eigenvalue weighted by molar-refractivity contribution is -0.117. The van der Waals surface area contributed by atoms with Crippen LogP contribution in [-0.2, 0) is 4.79 Å². The third kappa shape index (κ3) is 4.03. The summed E-state index contributed by atoms with van der Waals surface area (Å²) in [5, 5.41) is 0. The zero-order valence-electron chi connectivity index (χ0n) is 10.5. The number of benzene rings is 2. The van der Waals surface area contributed by atoms with Crippen molar-refractivity contribution in [2.24, 2.45) is 0 Å². The van der Waals surface area contributed by atoms with Gasteiger partial charge < -0.3 is 0 Å². The molecule has 0 unspecified atom stereocenters. The molecule has 0 fully saturated rings. The van der Waals surface area contributed by atoms with Crippen molar-refractivity contribution in [1.29, 1.82) is 0 Å². The van der Waals surface area contributed by atoms with Gasteiger partial charge >= 0.3 is 0 Å². The van der Waals surface area contributed by atoms with E-state index in [1.165, 1.54) is 0 Å². The summed E-state index contributed by atoms with van der Waals surface area (Å²) >= 11 is 13.9. The molecule has 0 aromatic heterocycles. The number of halogens is 4. The molecule has 0 heterocycles. The van der Waals surface area contributed by atoms with Crippen LogP contribution < -0.4 is 0 Å². The van der Waals surface area contributed by atoms with Crippen molar-refractivity contribution in [3.8, 4) is 0 Å². The Kier molecular flexibility index (Phi) is 5.63. The van der Waals surface area contributed by atoms with E-state index in [1.807, 2.05) is 36.4 Å². The van der Waals surface area contributed by atoms with E-state index in [0.717, 1.165) is 29.0 Å². The molecule has 0 aliphatic heterocycles. The quantitative estimate of drug-likeness (QED) is 0.450. The molecule has 5 heteroatoms. The first-order valence-electron chi connectivity index (χ1n) is 5.79. The Bertz CT molecular complexity index is 575. The zero-order chi connectivity index (χ0) is 14.9. The van der Waals surface area contributed by atoms with Gasteiger partial charge in [-0.1, -0.05) is 63.7 Å². The maximum atomic E-state index is 12.1. The average molecular weight is 526 g/mol. The first-order chi connectivity index (χ1) is 9.36. The van der Waals surface area contributed by atoms with Crippen LogP contribution in [0.3, 0.4) is 0 Å². The Morgan fingerprint density at radius 2 is 1.05 bits per heavy atom. The van der Waals surface area contributed by atoms with Crippen LogP contribution in [0.4, 0.5) is 0 Å². The molecule has 0 atom stereocenters. The summed E-state index contributed by atoms with van der Waals surface area (Å²) in [7, 11) is 0. The van der Waals surface area contributed by atoms with Gasteiger partial charge in [0.1, 0.15) is 5.78 Å². The van der Waals surface area contributed by atoms with Gasteiger partial charge in [0, 0.05) is 17.9 Å². The fourth-order valence-corrected chi connectivity index (χ4v) is 4.80. The topological polar surface area (TPSA) is 17.1 Å². The fraction of sp³-hybridized carbons (Fsp3) is 0.133. The Morgan fingerprint density at radius 3 is 1.30 bits per heavy atom. The monoisotopic (exact) mass is 522 g/mol. The largest absolute Gasteiger partial charge is 0.299 e. The molecule has 0 spiro atoms. The number of carbonyl (C=O) groups excluding carboxylic acids is 1. The average Bonchev–Trinajstić information content (AvgIpc) is 2.25. The van der Waals surface area contributed by atoms with Crippen LogP contribution in [0.2, 0.25) is 0 Å². The summed E-state index contributed by atoms with van der Waals surface area (Å²) in [6.07, 6.45) is 0. The van der Waals surface area contributed by atoms with E-state index in [0.29, 0.717) is 0 Å². The molecule has 2 aromatic rings. The van der Waals surface area contributed by atoms with Crippen LogP contribution in [0.15, 0.2) is 54.3 Å². The van der Waals surface area contributed by atoms with Crippen LogP contribution in [0, 0.1) is 0 Å². The Balaban J connectivity index is 2.59. The predicted molar refractivity (Wildman–Crippen MR) is 96.2 cm³/mol. The molecule has 2 rings (SSSR count). The van der Waals surface area contributed by atoms with Gasteiger partial charge in [0.05, 0.1) is 5.92 Å². The van der Waals surface area contributed by atoms with Crippen LogP contribution in [0.1, 0.15) is 24.0 Å². The molecule has 0 N–H and O–H groups in total. The fourth-order valence-electron chi connectivity index (χ4n) is 2.15. The Morgan fingerprint density at radius 1 is 0.750 bits per heavy atom. The maximum Gasteiger partial charge on any atom is 0.141 e. The third-order valence-electron chi connectivity index (χ3n) is 2.84. The summed E-state index contributed by atoms with van der Waals surface area (Å²) < 4.78 is 3.79. The van der Waals surface area contributed by atoms with E-state index in [4.69, 9.17) is 0 Å². The lowest BCUT2D eigenvalue weighted by Gasteiger charge is -2.16. The molecule has 0 aliphatic rings. The molecule has 0 saturated heterocycles. The Hall–Kier alpha value is 0.0300. The molecule has 20 heavy (non-hydrogen) atoms. The van der Waals surface area contributed by atoms with Crippen molar-refractivity contribution in [1.82, 2.24) is 0 Å². The molecule has 0 amide bonds. The first-order valence-corrected chi connectivity index (χ1v) is 8.96. The van der Waals surface area contributed by atoms with E-state index in [9.17, 15) is 4.79 Å². The number of hydrogen-bond acceptors (Lipinski definition) is 1. The highest BCUT2D eigenvalue weighted by Crippen LogP contribution is 2.33. The van der Waals surface area contributed by atoms with Crippen molar-refractivity contribution in [3.63, 3.8) is 0 Å².